The molecule has 2 aliphatic heterocycles. The van der Waals surface area contributed by atoms with E-state index >= 15 is 0 Å². The second kappa shape index (κ2) is 8.71. The summed E-state index contributed by atoms with van der Waals surface area (Å²) in [6, 6.07) is 2.19. The standard InChI is InChI=1S/C17H24F2N2O4S/c18-14-11-15(19)13-17(12-14)26(22,23)21(16-1-7-24-8-2-16)4-3-20-5-9-25-10-6-20/h11-13,16H,1-10H2. The smallest absolute Gasteiger partial charge is 0.243 e. The Balaban J connectivity index is 1.82. The molecule has 3 rings (SSSR count). The third kappa shape index (κ3) is 4.77. The Hall–Kier alpha value is -1.13. The van der Waals surface area contributed by atoms with Gasteiger partial charge in [-0.15, -0.1) is 0 Å². The lowest BCUT2D eigenvalue weighted by Gasteiger charge is -2.35. The van der Waals surface area contributed by atoms with Crippen LogP contribution in [0.4, 0.5) is 8.78 Å². The van der Waals surface area contributed by atoms with E-state index in [2.05, 4.69) is 4.90 Å². The molecule has 2 saturated heterocycles. The zero-order valence-corrected chi connectivity index (χ0v) is 15.4. The molecule has 26 heavy (non-hydrogen) atoms. The normalized spacial score (nSPS) is 20.6. The van der Waals surface area contributed by atoms with Gasteiger partial charge in [-0.1, -0.05) is 0 Å². The van der Waals surface area contributed by atoms with E-state index in [1.807, 2.05) is 0 Å². The monoisotopic (exact) mass is 390 g/mol. The number of sulfonamides is 1. The molecule has 0 radical (unpaired) electrons. The van der Waals surface area contributed by atoms with Crippen LogP contribution in [-0.2, 0) is 19.5 Å². The molecule has 2 fully saturated rings. The number of rotatable bonds is 6. The van der Waals surface area contributed by atoms with Crippen molar-refractivity contribution in [3.05, 3.63) is 29.8 Å². The molecule has 0 spiro atoms. The van der Waals surface area contributed by atoms with E-state index < -0.39 is 21.7 Å². The van der Waals surface area contributed by atoms with Crippen molar-refractivity contribution in [2.75, 3.05) is 52.6 Å². The van der Waals surface area contributed by atoms with Crippen molar-refractivity contribution in [1.29, 1.82) is 0 Å². The molecule has 2 heterocycles. The second-order valence-electron chi connectivity index (χ2n) is 6.52. The Kier molecular flexibility index (Phi) is 6.57. The third-order valence-corrected chi connectivity index (χ3v) is 6.71. The number of halogens is 2. The molecule has 2 aliphatic rings. The lowest BCUT2D eigenvalue weighted by Crippen LogP contribution is -2.48. The minimum Gasteiger partial charge on any atom is -0.381 e. The summed E-state index contributed by atoms with van der Waals surface area (Å²) >= 11 is 0. The van der Waals surface area contributed by atoms with E-state index in [0.29, 0.717) is 51.9 Å². The molecule has 0 aliphatic carbocycles. The van der Waals surface area contributed by atoms with Gasteiger partial charge in [0.15, 0.2) is 0 Å². The van der Waals surface area contributed by atoms with E-state index in [1.165, 1.54) is 4.31 Å². The van der Waals surface area contributed by atoms with E-state index in [9.17, 15) is 17.2 Å². The largest absolute Gasteiger partial charge is 0.381 e. The molecule has 0 saturated carbocycles. The second-order valence-corrected chi connectivity index (χ2v) is 8.41. The van der Waals surface area contributed by atoms with E-state index in [1.54, 1.807) is 0 Å². The minimum atomic E-state index is -4.01. The summed E-state index contributed by atoms with van der Waals surface area (Å²) in [6.07, 6.45) is 1.14. The number of hydrogen-bond donors (Lipinski definition) is 0. The highest BCUT2D eigenvalue weighted by atomic mass is 32.2. The minimum absolute atomic E-state index is 0.235. The number of ether oxygens (including phenoxy) is 2. The van der Waals surface area contributed by atoms with Crippen LogP contribution in [0.25, 0.3) is 0 Å². The molecule has 9 heteroatoms. The first kappa shape index (κ1) is 19.6. The van der Waals surface area contributed by atoms with Crippen LogP contribution in [0.3, 0.4) is 0 Å². The topological polar surface area (TPSA) is 59.1 Å². The highest BCUT2D eigenvalue weighted by Crippen LogP contribution is 2.25. The van der Waals surface area contributed by atoms with Crippen LogP contribution in [0.15, 0.2) is 23.1 Å². The van der Waals surface area contributed by atoms with Gasteiger partial charge in [-0.3, -0.25) is 4.90 Å². The van der Waals surface area contributed by atoms with Gasteiger partial charge < -0.3 is 9.47 Å². The molecule has 0 aromatic heterocycles. The van der Waals surface area contributed by atoms with Crippen molar-refractivity contribution >= 4 is 10.0 Å². The van der Waals surface area contributed by atoms with E-state index in [-0.39, 0.29) is 17.5 Å². The van der Waals surface area contributed by atoms with Crippen LogP contribution in [-0.4, -0.2) is 76.3 Å². The van der Waals surface area contributed by atoms with Crippen molar-refractivity contribution in [3.63, 3.8) is 0 Å². The maximum atomic E-state index is 13.6. The molecule has 0 N–H and O–H groups in total. The SMILES string of the molecule is O=S(=O)(c1cc(F)cc(F)c1)N(CCN1CCOCC1)C1CCOCC1. The fraction of sp³-hybridized carbons (Fsp3) is 0.647. The van der Waals surface area contributed by atoms with Crippen LogP contribution in [0.5, 0.6) is 0 Å². The Bertz CT molecular complexity index is 684. The Labute approximate surface area is 152 Å². The van der Waals surface area contributed by atoms with Gasteiger partial charge in [0, 0.05) is 51.5 Å². The summed E-state index contributed by atoms with van der Waals surface area (Å²) in [7, 11) is -4.01. The van der Waals surface area contributed by atoms with Crippen LogP contribution in [0.2, 0.25) is 0 Å². The highest BCUT2D eigenvalue weighted by molar-refractivity contribution is 7.89. The maximum Gasteiger partial charge on any atom is 0.243 e. The molecular formula is C17H24F2N2O4S. The van der Waals surface area contributed by atoms with Gasteiger partial charge in [0.25, 0.3) is 0 Å². The lowest BCUT2D eigenvalue weighted by atomic mass is 10.1. The van der Waals surface area contributed by atoms with Gasteiger partial charge >= 0.3 is 0 Å². The van der Waals surface area contributed by atoms with Crippen LogP contribution in [0, 0.1) is 11.6 Å². The van der Waals surface area contributed by atoms with Gasteiger partial charge in [-0.05, 0) is 25.0 Å². The van der Waals surface area contributed by atoms with Crippen LogP contribution in [0.1, 0.15) is 12.8 Å². The number of benzene rings is 1. The summed E-state index contributed by atoms with van der Waals surface area (Å²) in [6.45, 7) is 4.52. The molecule has 146 valence electrons. The quantitative estimate of drug-likeness (QED) is 0.736. The predicted molar refractivity (Wildman–Crippen MR) is 91.3 cm³/mol. The summed E-state index contributed by atoms with van der Waals surface area (Å²) < 4.78 is 65.4. The van der Waals surface area contributed by atoms with Crippen LogP contribution < -0.4 is 0 Å². The first-order chi connectivity index (χ1) is 12.5. The lowest BCUT2D eigenvalue weighted by molar-refractivity contribution is 0.0291. The number of morpholine rings is 1. The summed E-state index contributed by atoms with van der Waals surface area (Å²) in [4.78, 5) is 1.79. The number of nitrogens with zero attached hydrogens (tertiary/aromatic N) is 2. The Morgan fingerprint density at radius 2 is 1.58 bits per heavy atom. The van der Waals surface area contributed by atoms with Crippen molar-refractivity contribution in [1.82, 2.24) is 9.21 Å². The molecule has 0 atom stereocenters. The Morgan fingerprint density at radius 1 is 1.00 bits per heavy atom. The van der Waals surface area contributed by atoms with Crippen LogP contribution >= 0.6 is 0 Å². The van der Waals surface area contributed by atoms with Crippen molar-refractivity contribution in [2.45, 2.75) is 23.8 Å². The fourth-order valence-electron chi connectivity index (χ4n) is 3.35. The predicted octanol–water partition coefficient (Wildman–Crippen LogP) is 1.47. The van der Waals surface area contributed by atoms with Gasteiger partial charge in [-0.25, -0.2) is 17.2 Å². The molecule has 1 aromatic carbocycles. The summed E-state index contributed by atoms with van der Waals surface area (Å²) in [5, 5.41) is 0. The van der Waals surface area contributed by atoms with Gasteiger partial charge in [-0.2, -0.15) is 4.31 Å². The summed E-state index contributed by atoms with van der Waals surface area (Å²) in [5.74, 6) is -1.80. The van der Waals surface area contributed by atoms with Crippen molar-refractivity contribution in [3.8, 4) is 0 Å². The Morgan fingerprint density at radius 3 is 2.19 bits per heavy atom. The summed E-state index contributed by atoms with van der Waals surface area (Å²) in [5.41, 5.74) is 0. The van der Waals surface area contributed by atoms with Gasteiger partial charge in [0.05, 0.1) is 18.1 Å². The average Bonchev–Trinajstić information content (AvgIpc) is 2.63. The van der Waals surface area contributed by atoms with Gasteiger partial charge in [0.1, 0.15) is 11.6 Å². The zero-order chi connectivity index (χ0) is 18.6. The van der Waals surface area contributed by atoms with E-state index in [4.69, 9.17) is 9.47 Å². The highest BCUT2D eigenvalue weighted by Gasteiger charge is 2.33. The molecule has 0 bridgehead atoms. The molecule has 6 nitrogen and oxygen atoms in total. The maximum absolute atomic E-state index is 13.6. The molecule has 0 unspecified atom stereocenters. The first-order valence-electron chi connectivity index (χ1n) is 8.82. The van der Waals surface area contributed by atoms with Crippen molar-refractivity contribution in [2.24, 2.45) is 0 Å². The molecular weight excluding hydrogens is 366 g/mol. The molecule has 1 aromatic rings. The first-order valence-corrected chi connectivity index (χ1v) is 10.3. The third-order valence-electron chi connectivity index (χ3n) is 4.78. The van der Waals surface area contributed by atoms with Crippen molar-refractivity contribution < 1.29 is 26.7 Å². The number of hydrogen-bond acceptors (Lipinski definition) is 5. The van der Waals surface area contributed by atoms with E-state index in [0.717, 1.165) is 25.2 Å². The van der Waals surface area contributed by atoms with Gasteiger partial charge in [0.2, 0.25) is 10.0 Å². The fourth-order valence-corrected chi connectivity index (χ4v) is 5.07. The zero-order valence-electron chi connectivity index (χ0n) is 14.6. The molecule has 0 amide bonds. The average molecular weight is 390 g/mol.